The van der Waals surface area contributed by atoms with Gasteiger partial charge in [0.2, 0.25) is 5.52 Å². The SMILES string of the molecule is [Br-].[Br-].c1ccc2c[n+](CCCCCCCCCCC[n+]3cccc4ccccc43)ccc2c1. The van der Waals surface area contributed by atoms with Crippen molar-refractivity contribution in [2.24, 2.45) is 0 Å². The summed E-state index contributed by atoms with van der Waals surface area (Å²) >= 11 is 0. The molecule has 4 rings (SSSR count). The Morgan fingerprint density at radius 2 is 1.00 bits per heavy atom. The molecule has 0 aliphatic heterocycles. The average molecular weight is 572 g/mol. The lowest BCUT2D eigenvalue weighted by molar-refractivity contribution is -0.696. The third kappa shape index (κ3) is 8.50. The van der Waals surface area contributed by atoms with E-state index in [9.17, 15) is 0 Å². The predicted molar refractivity (Wildman–Crippen MR) is 130 cm³/mol. The van der Waals surface area contributed by atoms with Crippen LogP contribution in [0.25, 0.3) is 21.7 Å². The van der Waals surface area contributed by atoms with E-state index in [-0.39, 0.29) is 34.0 Å². The predicted octanol–water partition coefficient (Wildman–Crippen LogP) is 0.787. The maximum Gasteiger partial charge on any atom is 0.212 e. The fourth-order valence-electron chi connectivity index (χ4n) is 4.55. The first kappa shape index (κ1) is 27.5. The fourth-order valence-corrected chi connectivity index (χ4v) is 4.55. The van der Waals surface area contributed by atoms with Crippen LogP contribution in [0.3, 0.4) is 0 Å². The Morgan fingerprint density at radius 3 is 1.73 bits per heavy atom. The summed E-state index contributed by atoms with van der Waals surface area (Å²) in [6.07, 6.45) is 18.9. The van der Waals surface area contributed by atoms with Crippen LogP contribution < -0.4 is 43.1 Å². The molecule has 176 valence electrons. The van der Waals surface area contributed by atoms with Gasteiger partial charge < -0.3 is 34.0 Å². The molecule has 0 N–H and O–H groups in total. The average Bonchev–Trinajstić information content (AvgIpc) is 2.82. The number of hydrogen-bond acceptors (Lipinski definition) is 0. The fraction of sp³-hybridized carbons (Fsp3) is 0.379. The Morgan fingerprint density at radius 1 is 0.455 bits per heavy atom. The maximum atomic E-state index is 2.41. The molecule has 2 aromatic carbocycles. The van der Waals surface area contributed by atoms with E-state index in [1.165, 1.54) is 79.5 Å². The minimum atomic E-state index is 0. The highest BCUT2D eigenvalue weighted by Crippen LogP contribution is 2.12. The standard InChI is InChI=1S/C29H36N2.2BrH/c1(2-4-6-12-21-30-24-20-26-15-8-9-17-28(26)25-30)3-5-7-13-22-31-23-14-18-27-16-10-11-19-29(27)31;;/h8-11,14-20,23-25H,1-7,12-13,21-22H2;2*1H/q+2;;/p-2. The molecule has 0 amide bonds. The number of unbranched alkanes of at least 4 members (excludes halogenated alkanes) is 8. The van der Waals surface area contributed by atoms with Crippen molar-refractivity contribution < 1.29 is 43.1 Å². The molecule has 0 saturated heterocycles. The van der Waals surface area contributed by atoms with E-state index in [1.807, 2.05) is 0 Å². The van der Waals surface area contributed by atoms with Crippen molar-refractivity contribution in [1.82, 2.24) is 0 Å². The molecule has 2 heterocycles. The highest BCUT2D eigenvalue weighted by atomic mass is 79.9. The summed E-state index contributed by atoms with van der Waals surface area (Å²) in [5.74, 6) is 0. The first-order chi connectivity index (χ1) is 15.4. The normalized spacial score (nSPS) is 10.7. The highest BCUT2D eigenvalue weighted by molar-refractivity contribution is 5.80. The van der Waals surface area contributed by atoms with Crippen molar-refractivity contribution >= 4 is 21.7 Å². The number of aromatic nitrogens is 2. The number of pyridine rings is 2. The van der Waals surface area contributed by atoms with Crippen LogP contribution in [0.15, 0.2) is 85.3 Å². The van der Waals surface area contributed by atoms with Crippen LogP contribution in [0.1, 0.15) is 57.8 Å². The number of rotatable bonds is 12. The number of aryl methyl sites for hydroxylation is 2. The van der Waals surface area contributed by atoms with E-state index in [4.69, 9.17) is 0 Å². The second-order valence-electron chi connectivity index (χ2n) is 8.75. The summed E-state index contributed by atoms with van der Waals surface area (Å²) in [6.45, 7) is 2.27. The van der Waals surface area contributed by atoms with E-state index in [2.05, 4.69) is 94.5 Å². The number of halogens is 2. The smallest absolute Gasteiger partial charge is 0.212 e. The third-order valence-corrected chi connectivity index (χ3v) is 6.35. The zero-order chi connectivity index (χ0) is 21.1. The Hall–Kier alpha value is -1.78. The first-order valence-electron chi connectivity index (χ1n) is 12.2. The molecule has 0 saturated carbocycles. The molecule has 0 radical (unpaired) electrons. The number of fused-ring (bicyclic) bond motifs is 2. The van der Waals surface area contributed by atoms with Crippen molar-refractivity contribution in [3.63, 3.8) is 0 Å². The molecule has 0 spiro atoms. The van der Waals surface area contributed by atoms with Crippen LogP contribution in [0, 0.1) is 0 Å². The first-order valence-corrected chi connectivity index (χ1v) is 12.2. The van der Waals surface area contributed by atoms with Gasteiger partial charge in [-0.15, -0.1) is 0 Å². The maximum absolute atomic E-state index is 2.41. The monoisotopic (exact) mass is 570 g/mol. The Bertz CT molecular complexity index is 1090. The van der Waals surface area contributed by atoms with Gasteiger partial charge in [-0.3, -0.25) is 0 Å². The van der Waals surface area contributed by atoms with Crippen LogP contribution in [-0.2, 0) is 13.1 Å². The molecule has 0 aliphatic carbocycles. The van der Waals surface area contributed by atoms with Gasteiger partial charge in [-0.1, -0.05) is 62.4 Å². The molecule has 0 atom stereocenters. The second-order valence-corrected chi connectivity index (χ2v) is 8.75. The zero-order valence-electron chi connectivity index (χ0n) is 19.5. The van der Waals surface area contributed by atoms with Gasteiger partial charge >= 0.3 is 0 Å². The van der Waals surface area contributed by atoms with Crippen LogP contribution in [0.2, 0.25) is 0 Å². The largest absolute Gasteiger partial charge is 1.00 e. The molecule has 0 unspecified atom stereocenters. The lowest BCUT2D eigenvalue weighted by atomic mass is 10.1. The van der Waals surface area contributed by atoms with Crippen LogP contribution >= 0.6 is 0 Å². The van der Waals surface area contributed by atoms with Gasteiger partial charge in [-0.25, -0.2) is 4.57 Å². The van der Waals surface area contributed by atoms with Crippen molar-refractivity contribution in [3.05, 3.63) is 85.3 Å². The Kier molecular flexibility index (Phi) is 12.6. The van der Waals surface area contributed by atoms with Crippen molar-refractivity contribution in [3.8, 4) is 0 Å². The quantitative estimate of drug-likeness (QED) is 0.175. The summed E-state index contributed by atoms with van der Waals surface area (Å²) in [6, 6.07) is 23.9. The van der Waals surface area contributed by atoms with E-state index < -0.39 is 0 Å². The van der Waals surface area contributed by atoms with Gasteiger partial charge in [0.15, 0.2) is 18.6 Å². The minimum Gasteiger partial charge on any atom is -1.00 e. The third-order valence-electron chi connectivity index (χ3n) is 6.35. The summed E-state index contributed by atoms with van der Waals surface area (Å²) in [4.78, 5) is 0. The highest BCUT2D eigenvalue weighted by Gasteiger charge is 2.06. The van der Waals surface area contributed by atoms with E-state index in [1.54, 1.807) is 0 Å². The Labute approximate surface area is 220 Å². The molecule has 0 aliphatic rings. The van der Waals surface area contributed by atoms with Gasteiger partial charge in [-0.2, -0.15) is 4.57 Å². The lowest BCUT2D eigenvalue weighted by Gasteiger charge is -2.03. The van der Waals surface area contributed by atoms with Gasteiger partial charge in [0.05, 0.1) is 0 Å². The number of para-hydroxylation sites is 1. The lowest BCUT2D eigenvalue weighted by Crippen LogP contribution is -3.00. The van der Waals surface area contributed by atoms with E-state index in [0.29, 0.717) is 0 Å². The van der Waals surface area contributed by atoms with Crippen molar-refractivity contribution in [1.29, 1.82) is 0 Å². The number of hydrogen-bond donors (Lipinski definition) is 0. The number of benzene rings is 2. The van der Waals surface area contributed by atoms with E-state index >= 15 is 0 Å². The van der Waals surface area contributed by atoms with E-state index in [0.717, 1.165) is 13.1 Å². The number of nitrogens with zero attached hydrogens (tertiary/aromatic N) is 2. The van der Waals surface area contributed by atoms with Gasteiger partial charge in [0.25, 0.3) is 0 Å². The topological polar surface area (TPSA) is 7.76 Å². The molecule has 4 aromatic rings. The summed E-state index contributed by atoms with van der Waals surface area (Å²) in [7, 11) is 0. The van der Waals surface area contributed by atoms with Crippen LogP contribution in [-0.4, -0.2) is 0 Å². The molecule has 0 fully saturated rings. The molecule has 2 nitrogen and oxygen atoms in total. The summed E-state index contributed by atoms with van der Waals surface area (Å²) < 4.78 is 4.75. The molecule has 4 heteroatoms. The van der Waals surface area contributed by atoms with Gasteiger partial charge in [-0.05, 0) is 36.4 Å². The summed E-state index contributed by atoms with van der Waals surface area (Å²) in [5, 5.41) is 4.00. The molecule has 0 bridgehead atoms. The van der Waals surface area contributed by atoms with Crippen molar-refractivity contribution in [2.75, 3.05) is 0 Å². The van der Waals surface area contributed by atoms with Crippen LogP contribution in [0.4, 0.5) is 0 Å². The molecule has 33 heavy (non-hydrogen) atoms. The van der Waals surface area contributed by atoms with Gasteiger partial charge in [0, 0.05) is 41.8 Å². The Balaban J connectivity index is 0.00000193. The minimum absolute atomic E-state index is 0. The van der Waals surface area contributed by atoms with Crippen molar-refractivity contribution in [2.45, 2.75) is 70.9 Å². The van der Waals surface area contributed by atoms with Crippen LogP contribution in [0.5, 0.6) is 0 Å². The summed E-state index contributed by atoms with van der Waals surface area (Å²) in [5.41, 5.74) is 1.35. The zero-order valence-corrected chi connectivity index (χ0v) is 22.7. The molecular formula is C29H36Br2N2. The van der Waals surface area contributed by atoms with Gasteiger partial charge in [0.1, 0.15) is 13.1 Å². The molecular weight excluding hydrogens is 536 g/mol. The second kappa shape index (κ2) is 15.2. The molecule has 2 aromatic heterocycles.